The molecule has 0 atom stereocenters. The first-order valence-electron chi connectivity index (χ1n) is 5.58. The van der Waals surface area contributed by atoms with Crippen molar-refractivity contribution in [3.63, 3.8) is 0 Å². The molecule has 0 aliphatic carbocycles. The minimum atomic E-state index is -3.40. The first-order chi connectivity index (χ1) is 7.72. The van der Waals surface area contributed by atoms with Crippen LogP contribution in [0.25, 0.3) is 0 Å². The second-order valence-corrected chi connectivity index (χ2v) is 7.28. The van der Waals surface area contributed by atoms with Gasteiger partial charge in [0, 0.05) is 5.56 Å². The SMILES string of the molecule is CCC(C)(C)S(=O)(=O)c1cccc(C(C)=O)c1. The highest BCUT2D eigenvalue weighted by Crippen LogP contribution is 2.28. The van der Waals surface area contributed by atoms with E-state index in [2.05, 4.69) is 0 Å². The molecule has 17 heavy (non-hydrogen) atoms. The molecule has 1 aromatic rings. The number of sulfone groups is 1. The lowest BCUT2D eigenvalue weighted by molar-refractivity contribution is 0.101. The predicted octanol–water partition coefficient (Wildman–Crippen LogP) is 2.85. The molecule has 1 aromatic carbocycles. The quantitative estimate of drug-likeness (QED) is 0.776. The molecule has 94 valence electrons. The van der Waals surface area contributed by atoms with Gasteiger partial charge in [0.1, 0.15) is 0 Å². The smallest absolute Gasteiger partial charge is 0.183 e. The highest BCUT2D eigenvalue weighted by Gasteiger charge is 2.34. The van der Waals surface area contributed by atoms with E-state index in [-0.39, 0.29) is 10.7 Å². The van der Waals surface area contributed by atoms with E-state index in [0.29, 0.717) is 12.0 Å². The lowest BCUT2D eigenvalue weighted by Crippen LogP contribution is -2.31. The molecule has 0 saturated heterocycles. The van der Waals surface area contributed by atoms with E-state index in [4.69, 9.17) is 0 Å². The summed E-state index contributed by atoms with van der Waals surface area (Å²) in [6.45, 7) is 6.66. The molecule has 0 saturated carbocycles. The predicted molar refractivity (Wildman–Crippen MR) is 68.0 cm³/mol. The van der Waals surface area contributed by atoms with Crippen LogP contribution in [0.15, 0.2) is 29.2 Å². The zero-order valence-corrected chi connectivity index (χ0v) is 11.5. The Balaban J connectivity index is 3.35. The summed E-state index contributed by atoms with van der Waals surface area (Å²) in [5.41, 5.74) is 0.429. The van der Waals surface area contributed by atoms with Crippen molar-refractivity contribution in [3.8, 4) is 0 Å². The lowest BCUT2D eigenvalue weighted by Gasteiger charge is -2.23. The van der Waals surface area contributed by atoms with Crippen LogP contribution in [0.1, 0.15) is 44.5 Å². The normalized spacial score (nSPS) is 12.5. The van der Waals surface area contributed by atoms with Crippen molar-refractivity contribution in [2.24, 2.45) is 0 Å². The van der Waals surface area contributed by atoms with Gasteiger partial charge in [-0.3, -0.25) is 4.79 Å². The zero-order valence-electron chi connectivity index (χ0n) is 10.6. The molecule has 0 N–H and O–H groups in total. The Kier molecular flexibility index (Phi) is 3.77. The maximum atomic E-state index is 12.3. The molecule has 0 aliphatic rings. The largest absolute Gasteiger partial charge is 0.295 e. The minimum Gasteiger partial charge on any atom is -0.295 e. The Morgan fingerprint density at radius 2 is 1.88 bits per heavy atom. The summed E-state index contributed by atoms with van der Waals surface area (Å²) in [5.74, 6) is -0.128. The first-order valence-corrected chi connectivity index (χ1v) is 7.06. The Bertz CT molecular complexity index is 527. The third kappa shape index (κ3) is 2.57. The fourth-order valence-corrected chi connectivity index (χ4v) is 2.95. The van der Waals surface area contributed by atoms with E-state index in [1.807, 2.05) is 6.92 Å². The molecular weight excluding hydrogens is 236 g/mol. The topological polar surface area (TPSA) is 51.2 Å². The number of rotatable bonds is 4. The third-order valence-corrected chi connectivity index (χ3v) is 5.75. The van der Waals surface area contributed by atoms with Crippen LogP contribution in [0.5, 0.6) is 0 Å². The monoisotopic (exact) mass is 254 g/mol. The highest BCUT2D eigenvalue weighted by atomic mass is 32.2. The van der Waals surface area contributed by atoms with Gasteiger partial charge < -0.3 is 0 Å². The van der Waals surface area contributed by atoms with E-state index in [1.54, 1.807) is 32.0 Å². The van der Waals surface area contributed by atoms with Crippen LogP contribution in [0, 0.1) is 0 Å². The Morgan fingerprint density at radius 3 is 2.35 bits per heavy atom. The first kappa shape index (κ1) is 13.9. The number of carbonyl (C=O) groups is 1. The number of hydrogen-bond acceptors (Lipinski definition) is 3. The van der Waals surface area contributed by atoms with Crippen molar-refractivity contribution >= 4 is 15.6 Å². The number of carbonyl (C=O) groups excluding carboxylic acids is 1. The molecule has 0 heterocycles. The number of Topliss-reactive ketones (excluding diaryl/α,β-unsaturated/α-hetero) is 1. The summed E-state index contributed by atoms with van der Waals surface area (Å²) in [6.07, 6.45) is 0.527. The number of ketones is 1. The van der Waals surface area contributed by atoms with Crippen LogP contribution >= 0.6 is 0 Å². The van der Waals surface area contributed by atoms with Crippen LogP contribution in [0.3, 0.4) is 0 Å². The van der Waals surface area contributed by atoms with Crippen LogP contribution < -0.4 is 0 Å². The molecule has 1 rings (SSSR count). The second kappa shape index (κ2) is 4.61. The Labute approximate surface area is 103 Å². The number of hydrogen-bond donors (Lipinski definition) is 0. The molecule has 0 aliphatic heterocycles. The van der Waals surface area contributed by atoms with Crippen molar-refractivity contribution < 1.29 is 13.2 Å². The fraction of sp³-hybridized carbons (Fsp3) is 0.462. The van der Waals surface area contributed by atoms with E-state index in [1.165, 1.54) is 13.0 Å². The van der Waals surface area contributed by atoms with Crippen LogP contribution in [0.2, 0.25) is 0 Å². The van der Waals surface area contributed by atoms with Crippen molar-refractivity contribution in [1.82, 2.24) is 0 Å². The van der Waals surface area contributed by atoms with Gasteiger partial charge in [0.2, 0.25) is 0 Å². The minimum absolute atomic E-state index is 0.128. The fourth-order valence-electron chi connectivity index (χ4n) is 1.39. The van der Waals surface area contributed by atoms with Gasteiger partial charge in [0.15, 0.2) is 15.6 Å². The molecule has 3 nitrogen and oxygen atoms in total. The van der Waals surface area contributed by atoms with Crippen molar-refractivity contribution in [1.29, 1.82) is 0 Å². The summed E-state index contributed by atoms with van der Waals surface area (Å²) < 4.78 is 23.9. The third-order valence-electron chi connectivity index (χ3n) is 3.13. The van der Waals surface area contributed by atoms with Gasteiger partial charge in [-0.15, -0.1) is 0 Å². The second-order valence-electron chi connectivity index (χ2n) is 4.70. The summed E-state index contributed by atoms with van der Waals surface area (Å²) in [7, 11) is -3.40. The summed E-state index contributed by atoms with van der Waals surface area (Å²) >= 11 is 0. The average Bonchev–Trinajstić information content (AvgIpc) is 2.28. The van der Waals surface area contributed by atoms with E-state index in [9.17, 15) is 13.2 Å². The maximum Gasteiger partial charge on any atom is 0.183 e. The van der Waals surface area contributed by atoms with Gasteiger partial charge in [-0.2, -0.15) is 0 Å². The lowest BCUT2D eigenvalue weighted by atomic mass is 10.1. The average molecular weight is 254 g/mol. The zero-order chi connectivity index (χ0) is 13.3. The summed E-state index contributed by atoms with van der Waals surface area (Å²) in [5, 5.41) is 0. The van der Waals surface area contributed by atoms with Crippen molar-refractivity contribution in [3.05, 3.63) is 29.8 Å². The van der Waals surface area contributed by atoms with Gasteiger partial charge in [-0.25, -0.2) is 8.42 Å². The van der Waals surface area contributed by atoms with Crippen molar-refractivity contribution in [2.75, 3.05) is 0 Å². The summed E-state index contributed by atoms with van der Waals surface area (Å²) in [4.78, 5) is 11.5. The molecule has 0 amide bonds. The summed E-state index contributed by atoms with van der Waals surface area (Å²) in [6, 6.07) is 6.23. The van der Waals surface area contributed by atoms with E-state index >= 15 is 0 Å². The Hall–Kier alpha value is -1.16. The number of benzene rings is 1. The molecule has 0 spiro atoms. The van der Waals surface area contributed by atoms with Gasteiger partial charge in [0.25, 0.3) is 0 Å². The van der Waals surface area contributed by atoms with Gasteiger partial charge >= 0.3 is 0 Å². The molecule has 0 unspecified atom stereocenters. The van der Waals surface area contributed by atoms with Gasteiger partial charge in [-0.05, 0) is 39.3 Å². The highest BCUT2D eigenvalue weighted by molar-refractivity contribution is 7.92. The molecule has 0 fully saturated rings. The molecular formula is C13H18O3S. The van der Waals surface area contributed by atoms with Gasteiger partial charge in [0.05, 0.1) is 9.64 Å². The molecule has 0 radical (unpaired) electrons. The Morgan fingerprint density at radius 1 is 1.29 bits per heavy atom. The van der Waals surface area contributed by atoms with Crippen LogP contribution in [-0.2, 0) is 9.84 Å². The molecule has 0 bridgehead atoms. The van der Waals surface area contributed by atoms with E-state index < -0.39 is 14.6 Å². The standard InChI is InChI=1S/C13H18O3S/c1-5-13(3,4)17(15,16)12-8-6-7-11(9-12)10(2)14/h6-9H,5H2,1-4H3. The van der Waals surface area contributed by atoms with Crippen LogP contribution in [-0.4, -0.2) is 18.9 Å². The van der Waals surface area contributed by atoms with Crippen molar-refractivity contribution in [2.45, 2.75) is 43.8 Å². The molecule has 0 aromatic heterocycles. The van der Waals surface area contributed by atoms with Crippen LogP contribution in [0.4, 0.5) is 0 Å². The maximum absolute atomic E-state index is 12.3. The van der Waals surface area contributed by atoms with Gasteiger partial charge in [-0.1, -0.05) is 19.1 Å². The molecule has 4 heteroatoms. The van der Waals surface area contributed by atoms with E-state index in [0.717, 1.165) is 0 Å².